The zero-order valence-corrected chi connectivity index (χ0v) is 10.4. The molecule has 0 aromatic rings. The minimum atomic E-state index is -0.000231. The normalized spacial score (nSPS) is 15.3. The summed E-state index contributed by atoms with van der Waals surface area (Å²) in [6.45, 7) is 8.79. The van der Waals surface area contributed by atoms with Gasteiger partial charge < -0.3 is 11.1 Å². The maximum atomic E-state index is 11.5. The van der Waals surface area contributed by atoms with Gasteiger partial charge in [0.2, 0.25) is 5.91 Å². The highest BCUT2D eigenvalue weighted by molar-refractivity contribution is 8.00. The molecule has 84 valence electrons. The maximum absolute atomic E-state index is 11.5. The Morgan fingerprint density at radius 2 is 1.93 bits per heavy atom. The Morgan fingerprint density at radius 3 is 2.36 bits per heavy atom. The van der Waals surface area contributed by atoms with Crippen molar-refractivity contribution in [3.8, 4) is 0 Å². The monoisotopic (exact) mass is 218 g/mol. The Morgan fingerprint density at radius 1 is 1.36 bits per heavy atom. The summed E-state index contributed by atoms with van der Waals surface area (Å²) in [4.78, 5) is 11.5. The van der Waals surface area contributed by atoms with Crippen LogP contribution < -0.4 is 11.1 Å². The molecule has 0 rings (SSSR count). The quantitative estimate of drug-likeness (QED) is 0.705. The molecular formula is C10H22N2OS. The number of carbonyl (C=O) groups excluding carboxylic acids is 1. The molecule has 3 nitrogen and oxygen atoms in total. The fraction of sp³-hybridized carbons (Fsp3) is 0.900. The van der Waals surface area contributed by atoms with Gasteiger partial charge in [0.25, 0.3) is 0 Å². The van der Waals surface area contributed by atoms with E-state index in [0.29, 0.717) is 5.92 Å². The van der Waals surface area contributed by atoms with Crippen LogP contribution in [0, 0.1) is 5.92 Å². The third kappa shape index (κ3) is 7.21. The van der Waals surface area contributed by atoms with Gasteiger partial charge in [-0.25, -0.2) is 0 Å². The lowest BCUT2D eigenvalue weighted by Crippen LogP contribution is -2.34. The number of thioether (sulfide) groups is 1. The number of hydrogen-bond acceptors (Lipinski definition) is 3. The molecule has 0 spiro atoms. The first-order chi connectivity index (χ1) is 6.43. The molecule has 0 saturated heterocycles. The smallest absolute Gasteiger partial charge is 0.232 e. The van der Waals surface area contributed by atoms with E-state index in [4.69, 9.17) is 5.73 Å². The van der Waals surface area contributed by atoms with Gasteiger partial charge in [-0.05, 0) is 19.8 Å². The Labute approximate surface area is 91.2 Å². The van der Waals surface area contributed by atoms with E-state index < -0.39 is 0 Å². The summed E-state index contributed by atoms with van der Waals surface area (Å²) in [5.74, 6) is 1.45. The third-order valence-electron chi connectivity index (χ3n) is 1.66. The van der Waals surface area contributed by atoms with Gasteiger partial charge in [-0.1, -0.05) is 13.8 Å². The molecule has 0 bridgehead atoms. The molecule has 0 radical (unpaired) electrons. The van der Waals surface area contributed by atoms with Crippen LogP contribution in [-0.2, 0) is 4.79 Å². The molecule has 0 aliphatic heterocycles. The molecule has 0 saturated carbocycles. The number of rotatable bonds is 6. The van der Waals surface area contributed by atoms with Crippen molar-refractivity contribution in [3.63, 3.8) is 0 Å². The lowest BCUT2D eigenvalue weighted by atomic mass is 10.2. The Balaban J connectivity index is 3.65. The molecule has 0 fully saturated rings. The zero-order valence-electron chi connectivity index (χ0n) is 9.54. The van der Waals surface area contributed by atoms with Crippen molar-refractivity contribution in [2.45, 2.75) is 39.0 Å². The molecule has 0 aliphatic carbocycles. The molecule has 0 aliphatic rings. The van der Waals surface area contributed by atoms with Gasteiger partial charge in [0.1, 0.15) is 0 Å². The molecule has 2 atom stereocenters. The summed E-state index contributed by atoms with van der Waals surface area (Å²) in [5.41, 5.74) is 5.61. The fourth-order valence-corrected chi connectivity index (χ4v) is 1.65. The maximum Gasteiger partial charge on any atom is 0.232 e. The van der Waals surface area contributed by atoms with Gasteiger partial charge in [0, 0.05) is 18.3 Å². The SMILES string of the molecule is CC(C)CNC(=O)C(C)SCC(C)N. The standard InChI is InChI=1S/C10H22N2OS/c1-7(2)5-12-10(13)9(4)14-6-8(3)11/h7-9H,5-6,11H2,1-4H3,(H,12,13). The first kappa shape index (κ1) is 13.8. The van der Waals surface area contributed by atoms with E-state index in [2.05, 4.69) is 19.2 Å². The van der Waals surface area contributed by atoms with E-state index in [0.717, 1.165) is 12.3 Å². The molecule has 1 amide bonds. The van der Waals surface area contributed by atoms with Crippen LogP contribution in [0.5, 0.6) is 0 Å². The van der Waals surface area contributed by atoms with Crippen molar-refractivity contribution in [2.75, 3.05) is 12.3 Å². The summed E-state index contributed by atoms with van der Waals surface area (Å²) < 4.78 is 0. The fourth-order valence-electron chi connectivity index (χ4n) is 0.820. The highest BCUT2D eigenvalue weighted by Gasteiger charge is 2.13. The van der Waals surface area contributed by atoms with Crippen LogP contribution in [0.3, 0.4) is 0 Å². The van der Waals surface area contributed by atoms with Gasteiger partial charge >= 0.3 is 0 Å². The van der Waals surface area contributed by atoms with E-state index in [1.807, 2.05) is 13.8 Å². The van der Waals surface area contributed by atoms with Crippen LogP contribution in [0.2, 0.25) is 0 Å². The first-order valence-corrected chi connectivity index (χ1v) is 6.13. The summed E-state index contributed by atoms with van der Waals surface area (Å²) in [6, 6.07) is 0.153. The molecular weight excluding hydrogens is 196 g/mol. The Hall–Kier alpha value is -0.220. The number of carbonyl (C=O) groups is 1. The van der Waals surface area contributed by atoms with E-state index >= 15 is 0 Å². The van der Waals surface area contributed by atoms with Crippen molar-refractivity contribution >= 4 is 17.7 Å². The van der Waals surface area contributed by atoms with E-state index in [9.17, 15) is 4.79 Å². The van der Waals surface area contributed by atoms with E-state index in [1.54, 1.807) is 11.8 Å². The second kappa shape index (κ2) is 7.12. The average molecular weight is 218 g/mol. The third-order valence-corrected chi connectivity index (χ3v) is 3.10. The van der Waals surface area contributed by atoms with Gasteiger partial charge in [-0.15, -0.1) is 11.8 Å². The summed E-state index contributed by atoms with van der Waals surface area (Å²) in [7, 11) is 0. The van der Waals surface area contributed by atoms with Gasteiger partial charge in [0.15, 0.2) is 0 Å². The van der Waals surface area contributed by atoms with E-state index in [-0.39, 0.29) is 17.2 Å². The number of nitrogens with two attached hydrogens (primary N) is 1. The van der Waals surface area contributed by atoms with Crippen LogP contribution >= 0.6 is 11.8 Å². The summed E-state index contributed by atoms with van der Waals surface area (Å²) in [6.07, 6.45) is 0. The van der Waals surface area contributed by atoms with Crippen molar-refractivity contribution in [2.24, 2.45) is 11.7 Å². The Kier molecular flexibility index (Phi) is 7.01. The molecule has 4 heteroatoms. The topological polar surface area (TPSA) is 55.1 Å². The molecule has 2 unspecified atom stereocenters. The second-order valence-electron chi connectivity index (χ2n) is 4.09. The number of nitrogens with one attached hydrogen (secondary N) is 1. The van der Waals surface area contributed by atoms with Crippen LogP contribution in [0.15, 0.2) is 0 Å². The van der Waals surface area contributed by atoms with Gasteiger partial charge in [-0.2, -0.15) is 0 Å². The number of hydrogen-bond donors (Lipinski definition) is 2. The van der Waals surface area contributed by atoms with Crippen molar-refractivity contribution in [3.05, 3.63) is 0 Å². The molecule has 0 aromatic heterocycles. The first-order valence-electron chi connectivity index (χ1n) is 5.08. The minimum Gasteiger partial charge on any atom is -0.355 e. The zero-order chi connectivity index (χ0) is 11.1. The Bertz CT molecular complexity index is 172. The molecule has 0 aromatic carbocycles. The number of amides is 1. The highest BCUT2D eigenvalue weighted by Crippen LogP contribution is 2.11. The lowest BCUT2D eigenvalue weighted by Gasteiger charge is -2.14. The molecule has 0 heterocycles. The minimum absolute atomic E-state index is 0.000231. The lowest BCUT2D eigenvalue weighted by molar-refractivity contribution is -0.120. The largest absolute Gasteiger partial charge is 0.355 e. The van der Waals surface area contributed by atoms with E-state index in [1.165, 1.54) is 0 Å². The van der Waals surface area contributed by atoms with Crippen LogP contribution in [0.25, 0.3) is 0 Å². The molecule has 14 heavy (non-hydrogen) atoms. The van der Waals surface area contributed by atoms with Crippen molar-refractivity contribution in [1.82, 2.24) is 5.32 Å². The predicted octanol–water partition coefficient (Wildman–Crippen LogP) is 1.23. The van der Waals surface area contributed by atoms with Crippen LogP contribution in [0.1, 0.15) is 27.7 Å². The second-order valence-corrected chi connectivity index (χ2v) is 5.47. The average Bonchev–Trinajstić information content (AvgIpc) is 2.09. The van der Waals surface area contributed by atoms with Crippen LogP contribution in [-0.4, -0.2) is 29.5 Å². The van der Waals surface area contributed by atoms with Crippen molar-refractivity contribution in [1.29, 1.82) is 0 Å². The van der Waals surface area contributed by atoms with Crippen LogP contribution in [0.4, 0.5) is 0 Å². The summed E-state index contributed by atoms with van der Waals surface area (Å²) in [5, 5.41) is 2.90. The highest BCUT2D eigenvalue weighted by atomic mass is 32.2. The molecule has 3 N–H and O–H groups in total. The summed E-state index contributed by atoms with van der Waals surface area (Å²) >= 11 is 1.61. The van der Waals surface area contributed by atoms with Crippen molar-refractivity contribution < 1.29 is 4.79 Å². The van der Waals surface area contributed by atoms with Gasteiger partial charge in [0.05, 0.1) is 5.25 Å². The van der Waals surface area contributed by atoms with Gasteiger partial charge in [-0.3, -0.25) is 4.79 Å². The predicted molar refractivity (Wildman–Crippen MR) is 63.4 cm³/mol.